The number of hydrogen-bond donors (Lipinski definition) is 1. The number of aliphatic carboxylic acids is 1. The van der Waals surface area contributed by atoms with Gasteiger partial charge in [0.05, 0.1) is 5.56 Å². The molecule has 2 rings (SSSR count). The van der Waals surface area contributed by atoms with Gasteiger partial charge in [0.15, 0.2) is 0 Å². The molecule has 21 heavy (non-hydrogen) atoms. The topological polar surface area (TPSA) is 57.6 Å². The van der Waals surface area contributed by atoms with Crippen LogP contribution in [0.25, 0.3) is 0 Å². The van der Waals surface area contributed by atoms with E-state index in [1.807, 2.05) is 0 Å². The summed E-state index contributed by atoms with van der Waals surface area (Å²) in [5.41, 5.74) is 0.874. The third kappa shape index (κ3) is 4.03. The summed E-state index contributed by atoms with van der Waals surface area (Å²) in [6.45, 7) is 2.83. The standard InChI is InChI=1S/C16H20FNO3/c1-11-4-5-13(14(17)9-11)16(21)18-7-2-3-12(6-8-18)10-15(19)20/h4-5,9,12H,2-3,6-8,10H2,1H3,(H,19,20)/t12-/m1/s1. The summed E-state index contributed by atoms with van der Waals surface area (Å²) >= 11 is 0. The van der Waals surface area contributed by atoms with E-state index in [0.29, 0.717) is 19.5 Å². The fourth-order valence-electron chi connectivity index (χ4n) is 2.78. The number of benzene rings is 1. The van der Waals surface area contributed by atoms with Crippen molar-refractivity contribution in [3.8, 4) is 0 Å². The molecule has 1 heterocycles. The molecule has 0 saturated carbocycles. The first-order chi connectivity index (χ1) is 9.97. The highest BCUT2D eigenvalue weighted by atomic mass is 19.1. The van der Waals surface area contributed by atoms with Crippen molar-refractivity contribution in [1.29, 1.82) is 0 Å². The second kappa shape index (κ2) is 6.70. The maximum atomic E-state index is 13.9. The van der Waals surface area contributed by atoms with E-state index >= 15 is 0 Å². The molecule has 0 radical (unpaired) electrons. The summed E-state index contributed by atoms with van der Waals surface area (Å²) in [4.78, 5) is 24.8. The van der Waals surface area contributed by atoms with Gasteiger partial charge in [0.25, 0.3) is 5.91 Å². The van der Waals surface area contributed by atoms with Gasteiger partial charge in [0.1, 0.15) is 5.82 Å². The van der Waals surface area contributed by atoms with Gasteiger partial charge in [-0.25, -0.2) is 4.39 Å². The van der Waals surface area contributed by atoms with Crippen LogP contribution < -0.4 is 0 Å². The molecule has 1 aromatic rings. The number of amides is 1. The van der Waals surface area contributed by atoms with Gasteiger partial charge >= 0.3 is 5.97 Å². The molecule has 1 aliphatic heterocycles. The molecule has 114 valence electrons. The van der Waals surface area contributed by atoms with Crippen molar-refractivity contribution in [2.24, 2.45) is 5.92 Å². The van der Waals surface area contributed by atoms with Crippen LogP contribution in [0.15, 0.2) is 18.2 Å². The van der Waals surface area contributed by atoms with Crippen LogP contribution in [0.4, 0.5) is 4.39 Å². The van der Waals surface area contributed by atoms with Gasteiger partial charge in [0.2, 0.25) is 0 Å². The highest BCUT2D eigenvalue weighted by Crippen LogP contribution is 2.22. The predicted octanol–water partition coefficient (Wildman–Crippen LogP) is 2.85. The molecule has 1 saturated heterocycles. The number of halogens is 1. The van der Waals surface area contributed by atoms with Gasteiger partial charge in [-0.05, 0) is 49.8 Å². The minimum atomic E-state index is -0.802. The Morgan fingerprint density at radius 2 is 2.10 bits per heavy atom. The number of carboxylic acid groups (broad SMARTS) is 1. The number of carboxylic acids is 1. The van der Waals surface area contributed by atoms with E-state index in [4.69, 9.17) is 5.11 Å². The highest BCUT2D eigenvalue weighted by Gasteiger charge is 2.24. The van der Waals surface area contributed by atoms with Crippen LogP contribution in [0.2, 0.25) is 0 Å². The third-order valence-corrected chi connectivity index (χ3v) is 3.95. The quantitative estimate of drug-likeness (QED) is 0.932. The Hall–Kier alpha value is -1.91. The lowest BCUT2D eigenvalue weighted by Crippen LogP contribution is -2.32. The Kier molecular flexibility index (Phi) is 4.94. The molecule has 1 aliphatic rings. The van der Waals surface area contributed by atoms with Crippen LogP contribution in [-0.4, -0.2) is 35.0 Å². The summed E-state index contributed by atoms with van der Waals surface area (Å²) in [7, 11) is 0. The van der Waals surface area contributed by atoms with Crippen molar-refractivity contribution < 1.29 is 19.1 Å². The van der Waals surface area contributed by atoms with E-state index in [1.165, 1.54) is 12.1 Å². The van der Waals surface area contributed by atoms with Gasteiger partial charge in [-0.2, -0.15) is 0 Å². The molecule has 0 bridgehead atoms. The third-order valence-electron chi connectivity index (χ3n) is 3.95. The Balaban J connectivity index is 2.04. The monoisotopic (exact) mass is 293 g/mol. The first-order valence-corrected chi connectivity index (χ1v) is 7.24. The van der Waals surface area contributed by atoms with Gasteiger partial charge in [-0.1, -0.05) is 6.07 Å². The van der Waals surface area contributed by atoms with E-state index in [2.05, 4.69) is 0 Å². The van der Waals surface area contributed by atoms with Crippen LogP contribution in [0, 0.1) is 18.7 Å². The van der Waals surface area contributed by atoms with Gasteiger partial charge in [0, 0.05) is 19.5 Å². The lowest BCUT2D eigenvalue weighted by molar-refractivity contribution is -0.138. The first-order valence-electron chi connectivity index (χ1n) is 7.24. The molecule has 0 aromatic heterocycles. The zero-order chi connectivity index (χ0) is 15.4. The molecule has 1 fully saturated rings. The average molecular weight is 293 g/mol. The van der Waals surface area contributed by atoms with E-state index in [9.17, 15) is 14.0 Å². The number of carbonyl (C=O) groups is 2. The lowest BCUT2D eigenvalue weighted by atomic mass is 9.97. The van der Waals surface area contributed by atoms with E-state index in [-0.39, 0.29) is 23.8 Å². The molecule has 0 spiro atoms. The first kappa shape index (κ1) is 15.5. The van der Waals surface area contributed by atoms with E-state index in [1.54, 1.807) is 17.9 Å². The normalized spacial score (nSPS) is 19.1. The zero-order valence-electron chi connectivity index (χ0n) is 12.1. The van der Waals surface area contributed by atoms with Gasteiger partial charge < -0.3 is 10.0 Å². The lowest BCUT2D eigenvalue weighted by Gasteiger charge is -2.21. The largest absolute Gasteiger partial charge is 0.481 e. The van der Waals surface area contributed by atoms with Crippen LogP contribution in [-0.2, 0) is 4.79 Å². The Morgan fingerprint density at radius 3 is 2.76 bits per heavy atom. The average Bonchev–Trinajstić information content (AvgIpc) is 2.63. The maximum absolute atomic E-state index is 13.9. The van der Waals surface area contributed by atoms with Crippen LogP contribution in [0.3, 0.4) is 0 Å². The SMILES string of the molecule is Cc1ccc(C(=O)N2CCC[C@@H](CC(=O)O)CC2)c(F)c1. The summed E-state index contributed by atoms with van der Waals surface area (Å²) in [5, 5.41) is 8.84. The number of aryl methyl sites for hydroxylation is 1. The maximum Gasteiger partial charge on any atom is 0.303 e. The molecule has 0 unspecified atom stereocenters. The minimum absolute atomic E-state index is 0.0947. The predicted molar refractivity (Wildman–Crippen MR) is 76.6 cm³/mol. The second-order valence-electron chi connectivity index (χ2n) is 5.67. The van der Waals surface area contributed by atoms with Crippen LogP contribution >= 0.6 is 0 Å². The van der Waals surface area contributed by atoms with Crippen LogP contribution in [0.5, 0.6) is 0 Å². The van der Waals surface area contributed by atoms with Crippen LogP contribution in [0.1, 0.15) is 41.6 Å². The Labute approximate surface area is 123 Å². The van der Waals surface area contributed by atoms with Crippen molar-refractivity contribution in [2.75, 3.05) is 13.1 Å². The molecular formula is C16H20FNO3. The number of nitrogens with zero attached hydrogens (tertiary/aromatic N) is 1. The van der Waals surface area contributed by atoms with E-state index < -0.39 is 11.8 Å². The molecule has 0 aliphatic carbocycles. The highest BCUT2D eigenvalue weighted by molar-refractivity contribution is 5.94. The number of carbonyl (C=O) groups excluding carboxylic acids is 1. The van der Waals surface area contributed by atoms with Gasteiger partial charge in [-0.15, -0.1) is 0 Å². The molecule has 1 aromatic carbocycles. The number of likely N-dealkylation sites (tertiary alicyclic amines) is 1. The molecular weight excluding hydrogens is 273 g/mol. The zero-order valence-corrected chi connectivity index (χ0v) is 12.1. The number of rotatable bonds is 3. The summed E-state index contributed by atoms with van der Waals surface area (Å²) in [5.74, 6) is -1.50. The molecule has 1 atom stereocenters. The second-order valence-corrected chi connectivity index (χ2v) is 5.67. The van der Waals surface area contributed by atoms with E-state index in [0.717, 1.165) is 18.4 Å². The summed E-state index contributed by atoms with van der Waals surface area (Å²) in [6.07, 6.45) is 2.36. The fraction of sp³-hybridized carbons (Fsp3) is 0.500. The van der Waals surface area contributed by atoms with Crippen molar-refractivity contribution in [3.05, 3.63) is 35.1 Å². The number of hydrogen-bond acceptors (Lipinski definition) is 2. The molecule has 1 N–H and O–H groups in total. The minimum Gasteiger partial charge on any atom is -0.481 e. The smallest absolute Gasteiger partial charge is 0.303 e. The van der Waals surface area contributed by atoms with Crippen molar-refractivity contribution in [1.82, 2.24) is 4.90 Å². The van der Waals surface area contributed by atoms with Crippen molar-refractivity contribution in [2.45, 2.75) is 32.6 Å². The van der Waals surface area contributed by atoms with Gasteiger partial charge in [-0.3, -0.25) is 9.59 Å². The van der Waals surface area contributed by atoms with Crippen molar-refractivity contribution in [3.63, 3.8) is 0 Å². The molecule has 4 nitrogen and oxygen atoms in total. The molecule has 5 heteroatoms. The molecule has 1 amide bonds. The Bertz CT molecular complexity index is 544. The fourth-order valence-corrected chi connectivity index (χ4v) is 2.78. The summed E-state index contributed by atoms with van der Waals surface area (Å²) in [6, 6.07) is 4.60. The Morgan fingerprint density at radius 1 is 1.33 bits per heavy atom. The summed E-state index contributed by atoms with van der Waals surface area (Å²) < 4.78 is 13.9. The van der Waals surface area contributed by atoms with Crippen molar-refractivity contribution >= 4 is 11.9 Å².